The first-order valence-corrected chi connectivity index (χ1v) is 5.61. The normalized spacial score (nSPS) is 10.1. The number of aryl methyl sites for hydroxylation is 1. The third-order valence-corrected chi connectivity index (χ3v) is 2.46. The maximum absolute atomic E-state index is 5.82. The summed E-state index contributed by atoms with van der Waals surface area (Å²) in [5, 5.41) is 6.90. The van der Waals surface area contributed by atoms with Gasteiger partial charge < -0.3 is 10.6 Å². The summed E-state index contributed by atoms with van der Waals surface area (Å²) >= 11 is 5.82. The van der Waals surface area contributed by atoms with Crippen LogP contribution in [-0.2, 0) is 0 Å². The molecule has 0 unspecified atom stereocenters. The molecule has 0 aliphatic heterocycles. The zero-order chi connectivity index (χ0) is 12.3. The molecule has 1 aromatic heterocycles. The Bertz CT molecular complexity index is 510. The second-order valence-corrected chi connectivity index (χ2v) is 4.00. The van der Waals surface area contributed by atoms with Crippen LogP contribution in [-0.4, -0.2) is 17.0 Å². The summed E-state index contributed by atoms with van der Waals surface area (Å²) in [6, 6.07) is 9.31. The minimum absolute atomic E-state index is 0.713. The predicted molar refractivity (Wildman–Crippen MR) is 71.1 cm³/mol. The van der Waals surface area contributed by atoms with Gasteiger partial charge in [-0.1, -0.05) is 11.6 Å². The monoisotopic (exact) mass is 248 g/mol. The van der Waals surface area contributed by atoms with E-state index in [0.29, 0.717) is 10.8 Å². The highest BCUT2D eigenvalue weighted by Gasteiger charge is 2.01. The van der Waals surface area contributed by atoms with E-state index >= 15 is 0 Å². The van der Waals surface area contributed by atoms with Gasteiger partial charge in [-0.05, 0) is 31.2 Å². The first kappa shape index (κ1) is 11.7. The molecule has 0 aliphatic rings. The predicted octanol–water partition coefficient (Wildman–Crippen LogP) is 3.22. The molecule has 0 aliphatic carbocycles. The molecule has 5 heteroatoms. The number of hydrogen-bond acceptors (Lipinski definition) is 4. The Kier molecular flexibility index (Phi) is 3.44. The van der Waals surface area contributed by atoms with Gasteiger partial charge in [-0.2, -0.15) is 0 Å². The number of nitrogens with one attached hydrogen (secondary N) is 2. The van der Waals surface area contributed by atoms with Crippen molar-refractivity contribution in [3.05, 3.63) is 41.2 Å². The molecular formula is C12H13ClN4. The molecule has 0 atom stereocenters. The molecule has 0 spiro atoms. The molecule has 0 saturated carbocycles. The van der Waals surface area contributed by atoms with Crippen LogP contribution in [0.15, 0.2) is 30.3 Å². The van der Waals surface area contributed by atoms with E-state index in [-0.39, 0.29) is 0 Å². The van der Waals surface area contributed by atoms with Gasteiger partial charge in [-0.25, -0.2) is 9.97 Å². The van der Waals surface area contributed by atoms with Gasteiger partial charge in [-0.3, -0.25) is 0 Å². The summed E-state index contributed by atoms with van der Waals surface area (Å²) in [5.41, 5.74) is 0.939. The van der Waals surface area contributed by atoms with Crippen LogP contribution in [0.3, 0.4) is 0 Å². The van der Waals surface area contributed by atoms with E-state index in [1.54, 1.807) is 0 Å². The van der Waals surface area contributed by atoms with Crippen molar-refractivity contribution in [2.24, 2.45) is 0 Å². The number of anilines is 3. The van der Waals surface area contributed by atoms with E-state index in [2.05, 4.69) is 20.6 Å². The molecule has 0 saturated heterocycles. The molecule has 0 bridgehead atoms. The van der Waals surface area contributed by atoms with Crippen molar-refractivity contribution in [1.29, 1.82) is 0 Å². The Morgan fingerprint density at radius 2 is 1.71 bits per heavy atom. The van der Waals surface area contributed by atoms with Gasteiger partial charge in [0.25, 0.3) is 0 Å². The molecule has 0 fully saturated rings. The number of nitrogens with zero attached hydrogens (tertiary/aromatic N) is 2. The maximum Gasteiger partial charge on any atom is 0.136 e. The van der Waals surface area contributed by atoms with Crippen molar-refractivity contribution in [2.45, 2.75) is 6.92 Å². The zero-order valence-corrected chi connectivity index (χ0v) is 10.4. The second kappa shape index (κ2) is 5.01. The van der Waals surface area contributed by atoms with Crippen molar-refractivity contribution >= 4 is 28.9 Å². The fourth-order valence-electron chi connectivity index (χ4n) is 1.44. The Balaban J connectivity index is 2.23. The number of benzene rings is 1. The van der Waals surface area contributed by atoms with Crippen molar-refractivity contribution in [2.75, 3.05) is 17.7 Å². The van der Waals surface area contributed by atoms with E-state index in [4.69, 9.17) is 11.6 Å². The average Bonchev–Trinajstić information content (AvgIpc) is 2.31. The van der Waals surface area contributed by atoms with Crippen molar-refractivity contribution in [1.82, 2.24) is 9.97 Å². The van der Waals surface area contributed by atoms with Gasteiger partial charge in [0, 0.05) is 23.8 Å². The van der Waals surface area contributed by atoms with Crippen LogP contribution in [0.1, 0.15) is 5.82 Å². The first-order chi connectivity index (χ1) is 8.17. The largest absolute Gasteiger partial charge is 0.373 e. The van der Waals surface area contributed by atoms with Gasteiger partial charge in [-0.15, -0.1) is 0 Å². The highest BCUT2D eigenvalue weighted by atomic mass is 35.5. The van der Waals surface area contributed by atoms with Crippen molar-refractivity contribution in [3.8, 4) is 0 Å². The number of aromatic nitrogens is 2. The minimum Gasteiger partial charge on any atom is -0.373 e. The standard InChI is InChI=1S/C12H13ClN4/c1-8-15-11(14-2)7-12(16-8)17-10-5-3-9(13)4-6-10/h3-7H,1-2H3,(H2,14,15,16,17). The topological polar surface area (TPSA) is 49.8 Å². The summed E-state index contributed by atoms with van der Waals surface area (Å²) in [6.07, 6.45) is 0. The van der Waals surface area contributed by atoms with Gasteiger partial charge >= 0.3 is 0 Å². The molecule has 2 N–H and O–H groups in total. The maximum atomic E-state index is 5.82. The molecule has 0 radical (unpaired) electrons. The van der Waals surface area contributed by atoms with Crippen LogP contribution < -0.4 is 10.6 Å². The smallest absolute Gasteiger partial charge is 0.136 e. The van der Waals surface area contributed by atoms with Crippen molar-refractivity contribution < 1.29 is 0 Å². The Labute approximate surface area is 105 Å². The first-order valence-electron chi connectivity index (χ1n) is 5.23. The van der Waals surface area contributed by atoms with E-state index in [1.807, 2.05) is 44.3 Å². The molecule has 2 aromatic rings. The summed E-state index contributed by atoms with van der Waals surface area (Å²) in [4.78, 5) is 8.53. The fraction of sp³-hybridized carbons (Fsp3) is 0.167. The minimum atomic E-state index is 0.713. The van der Waals surface area contributed by atoms with Gasteiger partial charge in [0.2, 0.25) is 0 Å². The summed E-state index contributed by atoms with van der Waals surface area (Å²) in [5.74, 6) is 2.26. The highest BCUT2D eigenvalue weighted by Crippen LogP contribution is 2.19. The van der Waals surface area contributed by atoms with Crippen LogP contribution in [0.4, 0.5) is 17.3 Å². The number of rotatable bonds is 3. The van der Waals surface area contributed by atoms with E-state index in [1.165, 1.54) is 0 Å². The summed E-state index contributed by atoms with van der Waals surface area (Å²) in [6.45, 7) is 1.86. The lowest BCUT2D eigenvalue weighted by atomic mass is 10.3. The van der Waals surface area contributed by atoms with Gasteiger partial charge in [0.05, 0.1) is 0 Å². The molecule has 2 rings (SSSR count). The number of halogens is 1. The Hall–Kier alpha value is -1.81. The highest BCUT2D eigenvalue weighted by molar-refractivity contribution is 6.30. The van der Waals surface area contributed by atoms with E-state index in [0.717, 1.165) is 17.3 Å². The molecule has 17 heavy (non-hydrogen) atoms. The van der Waals surface area contributed by atoms with Crippen LogP contribution in [0.25, 0.3) is 0 Å². The third kappa shape index (κ3) is 3.07. The van der Waals surface area contributed by atoms with Gasteiger partial charge in [0.15, 0.2) is 0 Å². The Morgan fingerprint density at radius 1 is 1.06 bits per heavy atom. The lowest BCUT2D eigenvalue weighted by Gasteiger charge is -2.08. The zero-order valence-electron chi connectivity index (χ0n) is 9.66. The van der Waals surface area contributed by atoms with E-state index < -0.39 is 0 Å². The van der Waals surface area contributed by atoms with Crippen LogP contribution in [0.2, 0.25) is 5.02 Å². The number of hydrogen-bond donors (Lipinski definition) is 2. The molecule has 4 nitrogen and oxygen atoms in total. The molecule has 1 aromatic carbocycles. The van der Waals surface area contributed by atoms with Crippen LogP contribution in [0.5, 0.6) is 0 Å². The quantitative estimate of drug-likeness (QED) is 0.876. The van der Waals surface area contributed by atoms with Gasteiger partial charge in [0.1, 0.15) is 17.5 Å². The van der Waals surface area contributed by atoms with Crippen LogP contribution in [0, 0.1) is 6.92 Å². The lowest BCUT2D eigenvalue weighted by Crippen LogP contribution is -2.00. The Morgan fingerprint density at radius 3 is 2.35 bits per heavy atom. The third-order valence-electron chi connectivity index (χ3n) is 2.21. The van der Waals surface area contributed by atoms with E-state index in [9.17, 15) is 0 Å². The second-order valence-electron chi connectivity index (χ2n) is 3.57. The average molecular weight is 249 g/mol. The molecule has 1 heterocycles. The van der Waals surface area contributed by atoms with Crippen molar-refractivity contribution in [3.63, 3.8) is 0 Å². The SMILES string of the molecule is CNc1cc(Nc2ccc(Cl)cc2)nc(C)n1. The summed E-state index contributed by atoms with van der Waals surface area (Å²) in [7, 11) is 1.83. The van der Waals surface area contributed by atoms with Crippen LogP contribution >= 0.6 is 11.6 Å². The molecule has 88 valence electrons. The molecule has 0 amide bonds. The molecular weight excluding hydrogens is 236 g/mol. The fourth-order valence-corrected chi connectivity index (χ4v) is 1.57. The lowest BCUT2D eigenvalue weighted by molar-refractivity contribution is 1.06. The summed E-state index contributed by atoms with van der Waals surface area (Å²) < 4.78 is 0.